The molecule has 1 amide bonds. The van der Waals surface area contributed by atoms with Crippen molar-refractivity contribution < 1.29 is 26.4 Å². The molecule has 0 unspecified atom stereocenters. The minimum Gasteiger partial charge on any atom is -0.350 e. The second-order valence-corrected chi connectivity index (χ2v) is 10.4. The molecular weight excluding hydrogens is 381 g/mol. The van der Waals surface area contributed by atoms with Gasteiger partial charge < -0.3 is 5.32 Å². The number of carbonyl (C=O) groups excluding carboxylic acids is 1. The van der Waals surface area contributed by atoms with Crippen molar-refractivity contribution in [1.29, 1.82) is 0 Å². The Labute approximate surface area is 159 Å². The number of benzene rings is 1. The number of halogens is 3. The van der Waals surface area contributed by atoms with E-state index in [0.29, 0.717) is 16.8 Å². The van der Waals surface area contributed by atoms with Gasteiger partial charge in [0.1, 0.15) is 6.54 Å². The summed E-state index contributed by atoms with van der Waals surface area (Å²) in [5.74, 6) is -0.591. The highest BCUT2D eigenvalue weighted by atomic mass is 32.2. The number of nitrogens with one attached hydrogen (secondary N) is 1. The maximum atomic E-state index is 12.9. The molecule has 0 bridgehead atoms. The van der Waals surface area contributed by atoms with Crippen molar-refractivity contribution in [2.24, 2.45) is 5.41 Å². The van der Waals surface area contributed by atoms with E-state index in [1.807, 2.05) is 34.6 Å². The van der Waals surface area contributed by atoms with Crippen molar-refractivity contribution in [3.63, 3.8) is 0 Å². The Morgan fingerprint density at radius 1 is 1.11 bits per heavy atom. The highest BCUT2D eigenvalue weighted by Gasteiger charge is 2.33. The van der Waals surface area contributed by atoms with Crippen LogP contribution in [0.5, 0.6) is 0 Å². The first-order valence-corrected chi connectivity index (χ1v) is 10.2. The Hall–Kier alpha value is -1.77. The van der Waals surface area contributed by atoms with Gasteiger partial charge in [-0.3, -0.25) is 9.10 Å². The third kappa shape index (κ3) is 7.78. The van der Waals surface area contributed by atoms with Crippen LogP contribution in [0.2, 0.25) is 0 Å². The van der Waals surface area contributed by atoms with Crippen molar-refractivity contribution in [3.05, 3.63) is 29.8 Å². The molecule has 0 atom stereocenters. The summed E-state index contributed by atoms with van der Waals surface area (Å²) in [7, 11) is -3.96. The molecule has 1 N–H and O–H groups in total. The number of sulfonamides is 1. The number of hydrogen-bond donors (Lipinski definition) is 1. The molecule has 1 aromatic rings. The summed E-state index contributed by atoms with van der Waals surface area (Å²) >= 11 is 0. The number of anilines is 1. The zero-order valence-corrected chi connectivity index (χ0v) is 17.3. The molecule has 27 heavy (non-hydrogen) atoms. The molecule has 0 saturated carbocycles. The van der Waals surface area contributed by atoms with Crippen LogP contribution in [0.25, 0.3) is 0 Å². The van der Waals surface area contributed by atoms with Crippen LogP contribution >= 0.6 is 0 Å². The van der Waals surface area contributed by atoms with Gasteiger partial charge in [0, 0.05) is 5.54 Å². The predicted octanol–water partition coefficient (Wildman–Crippen LogP) is 3.80. The molecule has 0 saturated heterocycles. The number of rotatable bonds is 6. The first-order valence-electron chi connectivity index (χ1n) is 8.37. The standard InChI is InChI=1S/C18H27F3N2O3S/c1-16(2,3)12-17(4,5)22-15(24)11-23(27(6,25)26)14-9-7-8-13(10-14)18(19,20)21/h7-10H,11-12H2,1-6H3,(H,22,24). The Balaban J connectivity index is 3.09. The van der Waals surface area contributed by atoms with Gasteiger partial charge in [-0.05, 0) is 43.9 Å². The molecule has 0 radical (unpaired) electrons. The smallest absolute Gasteiger partial charge is 0.350 e. The van der Waals surface area contributed by atoms with Crippen molar-refractivity contribution in [2.75, 3.05) is 17.1 Å². The molecule has 0 aliphatic heterocycles. The zero-order chi connectivity index (χ0) is 21.3. The average molecular weight is 408 g/mol. The normalized spacial score (nSPS) is 13.4. The Morgan fingerprint density at radius 2 is 1.67 bits per heavy atom. The van der Waals surface area contributed by atoms with Gasteiger partial charge in [0.25, 0.3) is 0 Å². The summed E-state index contributed by atoms with van der Waals surface area (Å²) in [6.45, 7) is 9.04. The topological polar surface area (TPSA) is 66.5 Å². The van der Waals surface area contributed by atoms with E-state index in [0.717, 1.165) is 18.4 Å². The first kappa shape index (κ1) is 23.3. The van der Waals surface area contributed by atoms with Crippen molar-refractivity contribution >= 4 is 21.6 Å². The molecular formula is C18H27F3N2O3S. The zero-order valence-electron chi connectivity index (χ0n) is 16.4. The van der Waals surface area contributed by atoms with Gasteiger partial charge in [-0.1, -0.05) is 26.8 Å². The van der Waals surface area contributed by atoms with Crippen molar-refractivity contribution in [1.82, 2.24) is 5.32 Å². The van der Waals surface area contributed by atoms with Gasteiger partial charge >= 0.3 is 6.18 Å². The fourth-order valence-corrected chi connectivity index (χ4v) is 4.00. The number of alkyl halides is 3. The van der Waals surface area contributed by atoms with E-state index in [1.165, 1.54) is 6.07 Å². The van der Waals surface area contributed by atoms with E-state index >= 15 is 0 Å². The number of nitrogens with zero attached hydrogens (tertiary/aromatic N) is 1. The minimum absolute atomic E-state index is 0.0751. The minimum atomic E-state index is -4.61. The second-order valence-electron chi connectivity index (χ2n) is 8.49. The van der Waals surface area contributed by atoms with Gasteiger partial charge in [0.05, 0.1) is 17.5 Å². The maximum Gasteiger partial charge on any atom is 0.416 e. The largest absolute Gasteiger partial charge is 0.416 e. The van der Waals surface area contributed by atoms with Gasteiger partial charge in [0.2, 0.25) is 15.9 Å². The van der Waals surface area contributed by atoms with Crippen LogP contribution in [-0.4, -0.2) is 32.7 Å². The number of amides is 1. The summed E-state index contributed by atoms with van der Waals surface area (Å²) in [6.07, 6.45) is -3.13. The fourth-order valence-electron chi connectivity index (χ4n) is 3.15. The summed E-state index contributed by atoms with van der Waals surface area (Å²) in [5.41, 5.74) is -1.88. The molecule has 5 nitrogen and oxygen atoms in total. The number of hydrogen-bond acceptors (Lipinski definition) is 3. The molecule has 0 aromatic heterocycles. The van der Waals surface area contributed by atoms with Crippen LogP contribution in [0.3, 0.4) is 0 Å². The summed E-state index contributed by atoms with van der Waals surface area (Å²) in [4.78, 5) is 12.4. The summed E-state index contributed by atoms with van der Waals surface area (Å²) in [6, 6.07) is 3.90. The molecule has 0 spiro atoms. The van der Waals surface area contributed by atoms with E-state index in [2.05, 4.69) is 5.32 Å². The molecule has 0 aliphatic carbocycles. The van der Waals surface area contributed by atoms with E-state index in [9.17, 15) is 26.4 Å². The lowest BCUT2D eigenvalue weighted by Crippen LogP contribution is -2.50. The third-order valence-electron chi connectivity index (χ3n) is 3.60. The molecule has 1 aromatic carbocycles. The van der Waals surface area contributed by atoms with E-state index < -0.39 is 39.8 Å². The maximum absolute atomic E-state index is 12.9. The van der Waals surface area contributed by atoms with Gasteiger partial charge in [-0.15, -0.1) is 0 Å². The highest BCUT2D eigenvalue weighted by molar-refractivity contribution is 7.92. The molecule has 154 valence electrons. The molecule has 0 fully saturated rings. The lowest BCUT2D eigenvalue weighted by Gasteiger charge is -2.34. The van der Waals surface area contributed by atoms with Crippen molar-refractivity contribution in [3.8, 4) is 0 Å². The molecule has 1 rings (SSSR count). The van der Waals surface area contributed by atoms with Crippen LogP contribution in [0.1, 0.15) is 46.6 Å². The lowest BCUT2D eigenvalue weighted by molar-refractivity contribution is -0.137. The Morgan fingerprint density at radius 3 is 2.11 bits per heavy atom. The van der Waals surface area contributed by atoms with Crippen LogP contribution in [0, 0.1) is 5.41 Å². The monoisotopic (exact) mass is 408 g/mol. The highest BCUT2D eigenvalue weighted by Crippen LogP contribution is 2.32. The third-order valence-corrected chi connectivity index (χ3v) is 4.74. The van der Waals surface area contributed by atoms with Gasteiger partial charge in [0.15, 0.2) is 0 Å². The van der Waals surface area contributed by atoms with E-state index in [-0.39, 0.29) is 11.1 Å². The summed E-state index contributed by atoms with van der Waals surface area (Å²) in [5, 5.41) is 2.76. The molecule has 0 aliphatic rings. The lowest BCUT2D eigenvalue weighted by atomic mass is 9.82. The first-order chi connectivity index (χ1) is 11.9. The van der Waals surface area contributed by atoms with E-state index in [4.69, 9.17) is 0 Å². The molecule has 9 heteroatoms. The Bertz CT molecular complexity index is 782. The van der Waals surface area contributed by atoms with Crippen LogP contribution < -0.4 is 9.62 Å². The SMILES string of the molecule is CC(C)(C)CC(C)(C)NC(=O)CN(c1cccc(C(F)(F)F)c1)S(C)(=O)=O. The van der Waals surface area contributed by atoms with Gasteiger partial charge in [-0.2, -0.15) is 13.2 Å². The molecule has 0 heterocycles. The average Bonchev–Trinajstić information content (AvgIpc) is 2.39. The van der Waals surface area contributed by atoms with E-state index in [1.54, 1.807) is 0 Å². The fraction of sp³-hybridized carbons (Fsp3) is 0.611. The van der Waals surface area contributed by atoms with Crippen molar-refractivity contribution in [2.45, 2.75) is 52.8 Å². The van der Waals surface area contributed by atoms with Crippen LogP contribution in [-0.2, 0) is 21.0 Å². The quantitative estimate of drug-likeness (QED) is 0.779. The second kappa shape index (κ2) is 7.69. The van der Waals surface area contributed by atoms with Gasteiger partial charge in [-0.25, -0.2) is 8.42 Å². The number of carbonyl (C=O) groups is 1. The summed E-state index contributed by atoms with van der Waals surface area (Å²) < 4.78 is 63.6. The van der Waals surface area contributed by atoms with Crippen LogP contribution in [0.15, 0.2) is 24.3 Å². The van der Waals surface area contributed by atoms with Crippen LogP contribution in [0.4, 0.5) is 18.9 Å². The predicted molar refractivity (Wildman–Crippen MR) is 99.9 cm³/mol. The Kier molecular flexibility index (Phi) is 6.63.